The van der Waals surface area contributed by atoms with Crippen molar-refractivity contribution >= 4 is 162 Å². The third-order valence-corrected chi connectivity index (χ3v) is 15.8. The summed E-state index contributed by atoms with van der Waals surface area (Å²) in [5, 5.41) is 55.1. The van der Waals surface area contributed by atoms with Crippen molar-refractivity contribution in [2.24, 2.45) is 30.7 Å². The molecule has 426 valence electrons. The maximum absolute atomic E-state index is 11.1. The Morgan fingerprint density at radius 3 is 0.699 bits per heavy atom. The van der Waals surface area contributed by atoms with E-state index in [1.807, 2.05) is 0 Å². The molecule has 0 saturated heterocycles. The van der Waals surface area contributed by atoms with Crippen LogP contribution in [0.15, 0.2) is 224 Å². The van der Waals surface area contributed by atoms with Gasteiger partial charge in [0.25, 0.3) is 0 Å². The van der Waals surface area contributed by atoms with Gasteiger partial charge in [0, 0.05) is 50.9 Å². The van der Waals surface area contributed by atoms with E-state index in [9.17, 15) is 93.1 Å². The Morgan fingerprint density at radius 2 is 0.482 bits per heavy atom. The number of benzene rings is 9. The smallest absolute Gasteiger partial charge is 0.143 e. The standard InChI is InChI=1S/3C16H12N2O7S2.2Al/c3*19-15-7-4-10-8-13(27(23,24)25)5-6-14(10)16(15)18-17-11-2-1-3-12(9-11)26(20,21)22;;/h3*1-9,19H,(H,20,21,22)(H,23,24,25);;/p-6. The van der Waals surface area contributed by atoms with E-state index in [2.05, 4.69) is 30.7 Å². The minimum absolute atomic E-state index is 0. The van der Waals surface area contributed by atoms with Crippen LogP contribution in [0.2, 0.25) is 0 Å². The molecule has 27 nitrogen and oxygen atoms in total. The van der Waals surface area contributed by atoms with Gasteiger partial charge in [0.15, 0.2) is 0 Å². The van der Waals surface area contributed by atoms with Crippen LogP contribution < -0.4 is 0 Å². The second-order valence-corrected chi connectivity index (χ2v) is 24.5. The van der Waals surface area contributed by atoms with Crippen LogP contribution in [-0.2, 0) is 60.7 Å². The Bertz CT molecular complexity index is 4350. The van der Waals surface area contributed by atoms with Gasteiger partial charge in [-0.3, -0.25) is 0 Å². The summed E-state index contributed by atoms with van der Waals surface area (Å²) in [7, 11) is -27.9. The molecule has 0 unspecified atom stereocenters. The number of aromatic hydroxyl groups is 3. The molecular formula is C48H30Al2N6O21S6-6. The maximum Gasteiger partial charge on any atom is 0.143 e. The molecule has 0 fully saturated rings. The Kier molecular flexibility index (Phi) is 20.7. The van der Waals surface area contributed by atoms with Gasteiger partial charge in [0.1, 0.15) is 95.0 Å². The average molecular weight is 1270 g/mol. The van der Waals surface area contributed by atoms with Crippen LogP contribution in [0, 0.1) is 0 Å². The fraction of sp³-hybridized carbons (Fsp3) is 0. The van der Waals surface area contributed by atoms with Gasteiger partial charge in [-0.1, -0.05) is 54.6 Å². The lowest BCUT2D eigenvalue weighted by Gasteiger charge is -2.10. The molecule has 0 aromatic heterocycles. The highest BCUT2D eigenvalue weighted by Crippen LogP contribution is 2.40. The highest BCUT2D eigenvalue weighted by molar-refractivity contribution is 7.87. The summed E-state index contributed by atoms with van der Waals surface area (Å²) >= 11 is 0. The molecule has 0 aliphatic rings. The van der Waals surface area contributed by atoms with E-state index in [4.69, 9.17) is 0 Å². The Labute approximate surface area is 492 Å². The SMILES string of the molecule is O=S(=O)([O-])c1cccc(N=Nc2c(O)ccc3cc(S(=O)(=O)[O-])ccc23)c1.O=S(=O)([O-])c1cccc(N=Nc2c(O)ccc3cc(S(=O)(=O)[O-])ccc23)c1.O=S(=O)([O-])c1cccc(N=Nc2c(O)ccc3cc(S(=O)(=O)[O-])ccc23)c1.[Al].[Al]. The highest BCUT2D eigenvalue weighted by Gasteiger charge is 2.14. The zero-order valence-corrected chi connectivity index (χ0v) is 48.3. The summed E-state index contributed by atoms with van der Waals surface area (Å²) in [5.41, 5.74) is 0.124. The third kappa shape index (κ3) is 17.1. The topological polar surface area (TPSA) is 478 Å². The number of phenolic OH excluding ortho intramolecular Hbond substituents is 3. The number of hydrogen-bond acceptors (Lipinski definition) is 27. The normalized spacial score (nSPS) is 12.4. The zero-order chi connectivity index (χ0) is 59.5. The van der Waals surface area contributed by atoms with E-state index in [1.165, 1.54) is 91.0 Å². The van der Waals surface area contributed by atoms with E-state index in [0.29, 0.717) is 32.3 Å². The van der Waals surface area contributed by atoms with Crippen molar-refractivity contribution in [2.45, 2.75) is 29.4 Å². The number of nitrogens with zero attached hydrogens (tertiary/aromatic N) is 6. The van der Waals surface area contributed by atoms with Crippen LogP contribution >= 0.6 is 0 Å². The highest BCUT2D eigenvalue weighted by atomic mass is 32.2. The lowest BCUT2D eigenvalue weighted by atomic mass is 10.1. The molecule has 0 aliphatic carbocycles. The maximum atomic E-state index is 11.1. The number of rotatable bonds is 12. The van der Waals surface area contributed by atoms with Crippen LogP contribution in [0.4, 0.5) is 34.1 Å². The molecule has 83 heavy (non-hydrogen) atoms. The van der Waals surface area contributed by atoms with E-state index < -0.39 is 90.1 Å². The van der Waals surface area contributed by atoms with E-state index in [-0.39, 0.29) is 86.1 Å². The second kappa shape index (κ2) is 26.0. The monoisotopic (exact) mass is 1270 g/mol. The molecule has 0 spiro atoms. The first-order chi connectivity index (χ1) is 37.7. The molecule has 0 saturated carbocycles. The molecule has 9 rings (SSSR count). The summed E-state index contributed by atoms with van der Waals surface area (Å²) in [6.45, 7) is 0. The van der Waals surface area contributed by atoms with Gasteiger partial charge in [-0.15, -0.1) is 15.3 Å². The van der Waals surface area contributed by atoms with Crippen molar-refractivity contribution in [2.75, 3.05) is 0 Å². The minimum Gasteiger partial charge on any atom is -0.744 e. The van der Waals surface area contributed by atoms with Crippen LogP contribution in [0.3, 0.4) is 0 Å². The molecule has 0 aliphatic heterocycles. The molecule has 0 amide bonds. The van der Waals surface area contributed by atoms with E-state index in [1.54, 1.807) is 0 Å². The van der Waals surface area contributed by atoms with Crippen molar-refractivity contribution in [1.82, 2.24) is 0 Å². The third-order valence-electron chi connectivity index (χ3n) is 10.8. The Morgan fingerprint density at radius 1 is 0.265 bits per heavy atom. The molecule has 0 heterocycles. The van der Waals surface area contributed by atoms with Crippen molar-refractivity contribution in [3.63, 3.8) is 0 Å². The molecule has 0 bridgehead atoms. The fourth-order valence-electron chi connectivity index (χ4n) is 7.05. The van der Waals surface area contributed by atoms with Gasteiger partial charge in [-0.25, -0.2) is 50.5 Å². The van der Waals surface area contributed by atoms with Crippen LogP contribution in [0.1, 0.15) is 0 Å². The summed E-state index contributed by atoms with van der Waals surface area (Å²) in [6.07, 6.45) is 0. The van der Waals surface area contributed by atoms with Gasteiger partial charge in [0.2, 0.25) is 0 Å². The van der Waals surface area contributed by atoms with E-state index in [0.717, 1.165) is 72.8 Å². The largest absolute Gasteiger partial charge is 0.744 e. The molecule has 6 radical (unpaired) electrons. The van der Waals surface area contributed by atoms with Crippen molar-refractivity contribution in [3.8, 4) is 17.2 Å². The van der Waals surface area contributed by atoms with Crippen molar-refractivity contribution in [3.05, 3.63) is 164 Å². The summed E-state index contributed by atoms with van der Waals surface area (Å²) in [6, 6.07) is 33.1. The lowest BCUT2D eigenvalue weighted by Crippen LogP contribution is -1.97. The molecule has 9 aromatic carbocycles. The van der Waals surface area contributed by atoms with Crippen LogP contribution in [0.5, 0.6) is 17.2 Å². The van der Waals surface area contributed by atoms with Crippen LogP contribution in [-0.4, -0.2) is 128 Å². The lowest BCUT2D eigenvalue weighted by molar-refractivity contribution is 0.461. The summed E-state index contributed by atoms with van der Waals surface area (Å²) < 4.78 is 200. The summed E-state index contributed by atoms with van der Waals surface area (Å²) in [4.78, 5) is -2.74. The van der Waals surface area contributed by atoms with Gasteiger partial charge >= 0.3 is 0 Å². The van der Waals surface area contributed by atoms with Crippen molar-refractivity contribution < 1.29 is 93.1 Å². The predicted octanol–water partition coefficient (Wildman–Crippen LogP) is 7.55. The average Bonchev–Trinajstić information content (AvgIpc) is 3.59. The number of azo groups is 3. The second-order valence-electron chi connectivity index (χ2n) is 16.3. The van der Waals surface area contributed by atoms with Gasteiger partial charge < -0.3 is 42.6 Å². The zero-order valence-electron chi connectivity index (χ0n) is 41.1. The quantitative estimate of drug-likeness (QED) is 0.0603. The molecule has 3 N–H and O–H groups in total. The number of hydrogen-bond donors (Lipinski definition) is 3. The Hall–Kier alpha value is -7.52. The fourth-order valence-corrected chi connectivity index (χ4v) is 10.1. The Balaban J connectivity index is 0.000000225. The molecule has 9 aromatic rings. The summed E-state index contributed by atoms with van der Waals surface area (Å²) in [5.74, 6) is -0.801. The minimum atomic E-state index is -4.66. The molecule has 35 heteroatoms. The van der Waals surface area contributed by atoms with Gasteiger partial charge in [-0.05, 0) is 125 Å². The predicted molar refractivity (Wildman–Crippen MR) is 288 cm³/mol. The first kappa shape index (κ1) is 66.3. The van der Waals surface area contributed by atoms with Crippen molar-refractivity contribution in [1.29, 1.82) is 0 Å². The number of fused-ring (bicyclic) bond motifs is 3. The first-order valence-corrected chi connectivity index (χ1v) is 30.2. The molecule has 0 atom stereocenters. The first-order valence-electron chi connectivity index (χ1n) is 21.7. The molecular weight excluding hydrogens is 1240 g/mol. The van der Waals surface area contributed by atoms with Gasteiger partial charge in [-0.2, -0.15) is 15.3 Å². The van der Waals surface area contributed by atoms with E-state index >= 15 is 0 Å². The van der Waals surface area contributed by atoms with Crippen LogP contribution in [0.25, 0.3) is 32.3 Å². The number of phenols is 3. The van der Waals surface area contributed by atoms with Gasteiger partial charge in [0.05, 0.1) is 46.4 Å².